The summed E-state index contributed by atoms with van der Waals surface area (Å²) < 4.78 is 4.90. The molecule has 1 heterocycles. The van der Waals surface area contributed by atoms with Crippen molar-refractivity contribution in [2.45, 2.75) is 13.8 Å². The Labute approximate surface area is 122 Å². The van der Waals surface area contributed by atoms with E-state index in [9.17, 15) is 9.90 Å². The molecule has 0 amide bonds. The molecule has 4 nitrogen and oxygen atoms in total. The molecule has 0 fully saturated rings. The van der Waals surface area contributed by atoms with Crippen LogP contribution in [0.4, 0.5) is 0 Å². The van der Waals surface area contributed by atoms with Crippen molar-refractivity contribution in [1.82, 2.24) is 0 Å². The van der Waals surface area contributed by atoms with Crippen molar-refractivity contribution in [2.75, 3.05) is 6.61 Å². The second kappa shape index (κ2) is 5.92. The fourth-order valence-electron chi connectivity index (χ4n) is 1.89. The molecule has 1 aromatic rings. The highest BCUT2D eigenvalue weighted by Gasteiger charge is 2.27. The molecule has 1 N–H and O–H groups in total. The van der Waals surface area contributed by atoms with E-state index < -0.39 is 5.97 Å². The number of rotatable bonds is 3. The molecule has 5 heteroatoms. The molecule has 0 spiro atoms. The Morgan fingerprint density at radius 1 is 1.50 bits per heavy atom. The molecule has 0 unspecified atom stereocenters. The van der Waals surface area contributed by atoms with Crippen LogP contribution < -0.4 is 0 Å². The standard InChI is InChI=1S/C15H14ClNO3/c1-3-20-15(19)13-9(2)17-12(14(13)18)8-10-5-4-6-11(16)7-10/h4-8,18H,3H2,1-2H3. The number of nitrogens with zero attached hydrogens (tertiary/aromatic N) is 1. The predicted molar refractivity (Wildman–Crippen MR) is 78.8 cm³/mol. The Balaban J connectivity index is 2.38. The lowest BCUT2D eigenvalue weighted by Crippen LogP contribution is -2.13. The first-order valence-electron chi connectivity index (χ1n) is 6.16. The second-order valence-corrected chi connectivity index (χ2v) is 4.66. The first-order valence-corrected chi connectivity index (χ1v) is 6.54. The van der Waals surface area contributed by atoms with Crippen LogP contribution in [0.2, 0.25) is 5.02 Å². The van der Waals surface area contributed by atoms with E-state index in [0.29, 0.717) is 16.4 Å². The molecular formula is C15H14ClNO3. The summed E-state index contributed by atoms with van der Waals surface area (Å²) in [4.78, 5) is 15.9. The van der Waals surface area contributed by atoms with Gasteiger partial charge in [0.2, 0.25) is 0 Å². The third kappa shape index (κ3) is 2.91. The maximum atomic E-state index is 11.7. The molecule has 0 aromatic heterocycles. The van der Waals surface area contributed by atoms with Gasteiger partial charge in [-0.3, -0.25) is 0 Å². The number of hydrogen-bond donors (Lipinski definition) is 1. The van der Waals surface area contributed by atoms with Gasteiger partial charge in [0.05, 0.1) is 12.3 Å². The number of aliphatic imine (C=N–C) groups is 1. The minimum Gasteiger partial charge on any atom is -0.505 e. The van der Waals surface area contributed by atoms with Crippen LogP contribution in [0.15, 0.2) is 46.3 Å². The molecule has 104 valence electrons. The normalized spacial score (nSPS) is 16.6. The van der Waals surface area contributed by atoms with Gasteiger partial charge >= 0.3 is 5.97 Å². The summed E-state index contributed by atoms with van der Waals surface area (Å²) >= 11 is 5.90. The van der Waals surface area contributed by atoms with Gasteiger partial charge in [0.15, 0.2) is 5.76 Å². The van der Waals surface area contributed by atoms with Crippen molar-refractivity contribution >= 4 is 29.4 Å². The van der Waals surface area contributed by atoms with Gasteiger partial charge in [0, 0.05) is 5.02 Å². The number of carbonyl (C=O) groups is 1. The number of aliphatic hydroxyl groups is 1. The van der Waals surface area contributed by atoms with E-state index in [4.69, 9.17) is 16.3 Å². The Morgan fingerprint density at radius 2 is 2.25 bits per heavy atom. The van der Waals surface area contributed by atoms with Crippen molar-refractivity contribution in [3.63, 3.8) is 0 Å². The van der Waals surface area contributed by atoms with Gasteiger partial charge < -0.3 is 9.84 Å². The van der Waals surface area contributed by atoms with Crippen molar-refractivity contribution < 1.29 is 14.6 Å². The summed E-state index contributed by atoms with van der Waals surface area (Å²) in [7, 11) is 0. The highest BCUT2D eigenvalue weighted by atomic mass is 35.5. The molecule has 2 rings (SSSR count). The van der Waals surface area contributed by atoms with Crippen LogP contribution in [0.25, 0.3) is 6.08 Å². The average Bonchev–Trinajstić information content (AvgIpc) is 2.65. The van der Waals surface area contributed by atoms with E-state index in [0.717, 1.165) is 5.56 Å². The molecule has 0 saturated heterocycles. The fraction of sp³-hybridized carbons (Fsp3) is 0.200. The topological polar surface area (TPSA) is 58.9 Å². The van der Waals surface area contributed by atoms with Gasteiger partial charge in [-0.15, -0.1) is 0 Å². The molecular weight excluding hydrogens is 278 g/mol. The van der Waals surface area contributed by atoms with Crippen LogP contribution in [-0.2, 0) is 9.53 Å². The minimum atomic E-state index is -0.569. The summed E-state index contributed by atoms with van der Waals surface area (Å²) in [5.41, 5.74) is 1.67. The molecule has 1 aliphatic heterocycles. The van der Waals surface area contributed by atoms with Crippen molar-refractivity contribution in [1.29, 1.82) is 0 Å². The minimum absolute atomic E-state index is 0.111. The van der Waals surface area contributed by atoms with Crippen LogP contribution in [0.5, 0.6) is 0 Å². The van der Waals surface area contributed by atoms with Crippen molar-refractivity contribution in [3.8, 4) is 0 Å². The molecule has 20 heavy (non-hydrogen) atoms. The molecule has 1 aliphatic rings. The number of esters is 1. The zero-order valence-electron chi connectivity index (χ0n) is 11.2. The quantitative estimate of drug-likeness (QED) is 0.867. The molecule has 1 aromatic carbocycles. The maximum Gasteiger partial charge on any atom is 0.343 e. The number of ether oxygens (including phenoxy) is 1. The van der Waals surface area contributed by atoms with Gasteiger partial charge in [-0.2, -0.15) is 0 Å². The number of halogens is 1. The molecule has 0 saturated carbocycles. The highest BCUT2D eigenvalue weighted by Crippen LogP contribution is 2.26. The Bertz CT molecular complexity index is 644. The summed E-state index contributed by atoms with van der Waals surface area (Å²) in [6.07, 6.45) is 1.66. The zero-order chi connectivity index (χ0) is 14.7. The molecule has 0 aliphatic carbocycles. The number of aliphatic hydroxyl groups excluding tert-OH is 1. The zero-order valence-corrected chi connectivity index (χ0v) is 11.9. The van der Waals surface area contributed by atoms with Crippen molar-refractivity contribution in [3.05, 3.63) is 51.9 Å². The third-order valence-corrected chi connectivity index (χ3v) is 3.00. The van der Waals surface area contributed by atoms with Crippen LogP contribution in [0.1, 0.15) is 19.4 Å². The Hall–Kier alpha value is -2.07. The molecule has 0 bridgehead atoms. The predicted octanol–water partition coefficient (Wildman–Crippen LogP) is 3.53. The average molecular weight is 292 g/mol. The van der Waals surface area contributed by atoms with Gasteiger partial charge in [0.1, 0.15) is 11.3 Å². The lowest BCUT2D eigenvalue weighted by atomic mass is 10.1. The van der Waals surface area contributed by atoms with E-state index >= 15 is 0 Å². The monoisotopic (exact) mass is 291 g/mol. The first kappa shape index (κ1) is 14.3. The summed E-state index contributed by atoms with van der Waals surface area (Å²) in [5, 5.41) is 10.7. The van der Waals surface area contributed by atoms with Crippen LogP contribution in [-0.4, -0.2) is 23.4 Å². The SMILES string of the molecule is CCOC(=O)C1=C(O)C(=Cc2cccc(Cl)c2)N=C1C. The number of benzene rings is 1. The smallest absolute Gasteiger partial charge is 0.343 e. The lowest BCUT2D eigenvalue weighted by Gasteiger charge is -2.02. The maximum absolute atomic E-state index is 11.7. The van der Waals surface area contributed by atoms with Gasteiger partial charge in [0.25, 0.3) is 0 Å². The summed E-state index contributed by atoms with van der Waals surface area (Å²) in [6, 6.07) is 7.13. The van der Waals surface area contributed by atoms with Crippen LogP contribution >= 0.6 is 11.6 Å². The van der Waals surface area contributed by atoms with Crippen LogP contribution in [0, 0.1) is 0 Å². The van der Waals surface area contributed by atoms with E-state index in [1.165, 1.54) is 0 Å². The molecule has 0 radical (unpaired) electrons. The van der Waals surface area contributed by atoms with Gasteiger partial charge in [-0.1, -0.05) is 23.7 Å². The first-order chi connectivity index (χ1) is 9.52. The van der Waals surface area contributed by atoms with Gasteiger partial charge in [-0.05, 0) is 37.6 Å². The Kier molecular flexibility index (Phi) is 4.25. The largest absolute Gasteiger partial charge is 0.505 e. The van der Waals surface area contributed by atoms with E-state index in [2.05, 4.69) is 4.99 Å². The number of carbonyl (C=O) groups excluding carboxylic acids is 1. The highest BCUT2D eigenvalue weighted by molar-refractivity contribution is 6.30. The van der Waals surface area contributed by atoms with Crippen molar-refractivity contribution in [2.24, 2.45) is 4.99 Å². The third-order valence-electron chi connectivity index (χ3n) is 2.76. The van der Waals surface area contributed by atoms with Gasteiger partial charge in [-0.25, -0.2) is 9.79 Å². The van der Waals surface area contributed by atoms with E-state index in [-0.39, 0.29) is 17.9 Å². The Morgan fingerprint density at radius 3 is 2.90 bits per heavy atom. The second-order valence-electron chi connectivity index (χ2n) is 4.23. The number of hydrogen-bond acceptors (Lipinski definition) is 4. The molecule has 0 atom stereocenters. The summed E-state index contributed by atoms with van der Waals surface area (Å²) in [5.74, 6) is -0.735. The summed E-state index contributed by atoms with van der Waals surface area (Å²) in [6.45, 7) is 3.61. The van der Waals surface area contributed by atoms with Crippen LogP contribution in [0.3, 0.4) is 0 Å². The van der Waals surface area contributed by atoms with E-state index in [1.54, 1.807) is 38.1 Å². The lowest BCUT2D eigenvalue weighted by molar-refractivity contribution is -0.138. The fourth-order valence-corrected chi connectivity index (χ4v) is 2.09. The van der Waals surface area contributed by atoms with E-state index in [1.807, 2.05) is 6.07 Å².